The number of carbonyl (C=O) groups excluding carboxylic acids is 2. The number of rotatable bonds is 3. The van der Waals surface area contributed by atoms with E-state index in [1.807, 2.05) is 6.92 Å². The Hall–Kier alpha value is -1.26. The SMILES string of the molecule is CCCNC(=O)C(=O)Nc1ccc(Cl)cc1Cl. The van der Waals surface area contributed by atoms with Crippen LogP contribution < -0.4 is 10.6 Å². The molecule has 2 amide bonds. The van der Waals surface area contributed by atoms with Crippen molar-refractivity contribution in [3.05, 3.63) is 28.2 Å². The molecule has 0 saturated heterocycles. The first-order chi connectivity index (χ1) is 8.04. The van der Waals surface area contributed by atoms with Gasteiger partial charge in [0.15, 0.2) is 0 Å². The Morgan fingerprint density at radius 1 is 1.24 bits per heavy atom. The van der Waals surface area contributed by atoms with Crippen LogP contribution in [0.4, 0.5) is 5.69 Å². The van der Waals surface area contributed by atoms with Crippen LogP contribution in [0.5, 0.6) is 0 Å². The van der Waals surface area contributed by atoms with Gasteiger partial charge in [0.25, 0.3) is 0 Å². The van der Waals surface area contributed by atoms with Crippen LogP contribution in [-0.2, 0) is 9.59 Å². The average molecular weight is 275 g/mol. The molecule has 0 radical (unpaired) electrons. The van der Waals surface area contributed by atoms with Crippen LogP contribution in [0.1, 0.15) is 13.3 Å². The van der Waals surface area contributed by atoms with Gasteiger partial charge in [-0.1, -0.05) is 30.1 Å². The summed E-state index contributed by atoms with van der Waals surface area (Å²) in [6.07, 6.45) is 0.765. The summed E-state index contributed by atoms with van der Waals surface area (Å²) < 4.78 is 0. The Bertz CT molecular complexity index is 435. The molecule has 1 aromatic carbocycles. The van der Waals surface area contributed by atoms with Crippen molar-refractivity contribution in [3.63, 3.8) is 0 Å². The zero-order valence-electron chi connectivity index (χ0n) is 9.22. The Balaban J connectivity index is 2.64. The van der Waals surface area contributed by atoms with E-state index in [4.69, 9.17) is 23.2 Å². The standard InChI is InChI=1S/C11H12Cl2N2O2/c1-2-5-14-10(16)11(17)15-9-4-3-7(12)6-8(9)13/h3-4,6H,2,5H2,1H3,(H,14,16)(H,15,17). The molecule has 4 nitrogen and oxygen atoms in total. The second kappa shape index (κ2) is 6.47. The second-order valence-electron chi connectivity index (χ2n) is 3.33. The van der Waals surface area contributed by atoms with Gasteiger partial charge in [-0.3, -0.25) is 9.59 Å². The van der Waals surface area contributed by atoms with Crippen LogP contribution in [-0.4, -0.2) is 18.4 Å². The molecule has 0 saturated carbocycles. The highest BCUT2D eigenvalue weighted by Crippen LogP contribution is 2.25. The van der Waals surface area contributed by atoms with Crippen molar-refractivity contribution in [2.75, 3.05) is 11.9 Å². The van der Waals surface area contributed by atoms with E-state index >= 15 is 0 Å². The molecule has 0 bridgehead atoms. The molecule has 0 spiro atoms. The summed E-state index contributed by atoms with van der Waals surface area (Å²) in [4.78, 5) is 22.7. The molecule has 1 aromatic rings. The van der Waals surface area contributed by atoms with E-state index in [-0.39, 0.29) is 5.02 Å². The van der Waals surface area contributed by atoms with E-state index in [9.17, 15) is 9.59 Å². The van der Waals surface area contributed by atoms with Crippen LogP contribution in [0.3, 0.4) is 0 Å². The number of anilines is 1. The third kappa shape index (κ3) is 4.24. The quantitative estimate of drug-likeness (QED) is 0.832. The van der Waals surface area contributed by atoms with E-state index in [1.54, 1.807) is 6.07 Å². The molecular weight excluding hydrogens is 263 g/mol. The highest BCUT2D eigenvalue weighted by Gasteiger charge is 2.14. The average Bonchev–Trinajstić information content (AvgIpc) is 2.29. The van der Waals surface area contributed by atoms with E-state index < -0.39 is 11.8 Å². The molecule has 17 heavy (non-hydrogen) atoms. The van der Waals surface area contributed by atoms with Crippen molar-refractivity contribution >= 4 is 40.7 Å². The minimum atomic E-state index is -0.748. The normalized spacial score (nSPS) is 9.82. The molecule has 0 aliphatic carbocycles. The van der Waals surface area contributed by atoms with Gasteiger partial charge in [0.1, 0.15) is 0 Å². The van der Waals surface area contributed by atoms with Gasteiger partial charge in [-0.05, 0) is 24.6 Å². The summed E-state index contributed by atoms with van der Waals surface area (Å²) in [5, 5.41) is 5.62. The number of amides is 2. The number of nitrogens with one attached hydrogen (secondary N) is 2. The highest BCUT2D eigenvalue weighted by atomic mass is 35.5. The lowest BCUT2D eigenvalue weighted by Gasteiger charge is -2.07. The lowest BCUT2D eigenvalue weighted by atomic mass is 10.3. The van der Waals surface area contributed by atoms with Crippen molar-refractivity contribution in [2.45, 2.75) is 13.3 Å². The van der Waals surface area contributed by atoms with E-state index in [0.717, 1.165) is 6.42 Å². The Labute approximate surface area is 109 Å². The lowest BCUT2D eigenvalue weighted by Crippen LogP contribution is -2.35. The molecule has 0 atom stereocenters. The molecule has 0 aromatic heterocycles. The molecule has 0 aliphatic rings. The fraction of sp³-hybridized carbons (Fsp3) is 0.273. The predicted octanol–water partition coefficient (Wildman–Crippen LogP) is 2.46. The van der Waals surface area contributed by atoms with Gasteiger partial charge in [0, 0.05) is 11.6 Å². The van der Waals surface area contributed by atoms with Gasteiger partial charge < -0.3 is 10.6 Å². The number of carbonyl (C=O) groups is 2. The van der Waals surface area contributed by atoms with Gasteiger partial charge in [-0.15, -0.1) is 0 Å². The fourth-order valence-corrected chi connectivity index (χ4v) is 1.54. The Morgan fingerprint density at radius 3 is 2.53 bits per heavy atom. The van der Waals surface area contributed by atoms with E-state index in [0.29, 0.717) is 17.3 Å². The Kier molecular flexibility index (Phi) is 5.25. The maximum atomic E-state index is 11.4. The Morgan fingerprint density at radius 2 is 1.94 bits per heavy atom. The molecule has 6 heteroatoms. The largest absolute Gasteiger partial charge is 0.348 e. The van der Waals surface area contributed by atoms with Crippen LogP contribution >= 0.6 is 23.2 Å². The molecule has 0 heterocycles. The number of benzene rings is 1. The minimum absolute atomic E-state index is 0.286. The molecule has 1 rings (SSSR count). The van der Waals surface area contributed by atoms with Crippen LogP contribution in [0.2, 0.25) is 10.0 Å². The predicted molar refractivity (Wildman–Crippen MR) is 68.4 cm³/mol. The maximum absolute atomic E-state index is 11.4. The fourth-order valence-electron chi connectivity index (χ4n) is 1.09. The van der Waals surface area contributed by atoms with Crippen LogP contribution in [0, 0.1) is 0 Å². The molecule has 2 N–H and O–H groups in total. The van der Waals surface area contributed by atoms with Gasteiger partial charge in [0.05, 0.1) is 10.7 Å². The molecule has 92 valence electrons. The third-order valence-electron chi connectivity index (χ3n) is 1.92. The maximum Gasteiger partial charge on any atom is 0.313 e. The van der Waals surface area contributed by atoms with E-state index in [1.165, 1.54) is 12.1 Å². The lowest BCUT2D eigenvalue weighted by molar-refractivity contribution is -0.136. The van der Waals surface area contributed by atoms with Gasteiger partial charge in [-0.2, -0.15) is 0 Å². The van der Waals surface area contributed by atoms with Gasteiger partial charge >= 0.3 is 11.8 Å². The molecule has 0 unspecified atom stereocenters. The molecular formula is C11H12Cl2N2O2. The zero-order valence-corrected chi connectivity index (χ0v) is 10.7. The first-order valence-corrected chi connectivity index (χ1v) is 5.84. The third-order valence-corrected chi connectivity index (χ3v) is 2.47. The van der Waals surface area contributed by atoms with Crippen molar-refractivity contribution in [2.24, 2.45) is 0 Å². The van der Waals surface area contributed by atoms with E-state index in [2.05, 4.69) is 10.6 Å². The van der Waals surface area contributed by atoms with Crippen molar-refractivity contribution in [1.29, 1.82) is 0 Å². The first-order valence-electron chi connectivity index (χ1n) is 5.08. The second-order valence-corrected chi connectivity index (χ2v) is 4.18. The number of hydrogen-bond acceptors (Lipinski definition) is 2. The summed E-state index contributed by atoms with van der Waals surface area (Å²) in [6.45, 7) is 2.36. The monoisotopic (exact) mass is 274 g/mol. The smallest absolute Gasteiger partial charge is 0.313 e. The van der Waals surface area contributed by atoms with Gasteiger partial charge in [-0.25, -0.2) is 0 Å². The summed E-state index contributed by atoms with van der Waals surface area (Å²) in [5.41, 5.74) is 0.354. The van der Waals surface area contributed by atoms with Crippen LogP contribution in [0.15, 0.2) is 18.2 Å². The molecule has 0 fully saturated rings. The van der Waals surface area contributed by atoms with Crippen molar-refractivity contribution in [1.82, 2.24) is 5.32 Å². The van der Waals surface area contributed by atoms with Crippen molar-refractivity contribution < 1.29 is 9.59 Å². The molecule has 0 aliphatic heterocycles. The topological polar surface area (TPSA) is 58.2 Å². The van der Waals surface area contributed by atoms with Crippen molar-refractivity contribution in [3.8, 4) is 0 Å². The summed E-state index contributed by atoms with van der Waals surface area (Å²) >= 11 is 11.6. The summed E-state index contributed by atoms with van der Waals surface area (Å²) in [5.74, 6) is -1.43. The minimum Gasteiger partial charge on any atom is -0.348 e. The van der Waals surface area contributed by atoms with Gasteiger partial charge in [0.2, 0.25) is 0 Å². The highest BCUT2D eigenvalue weighted by molar-refractivity contribution is 6.42. The first kappa shape index (κ1) is 13.8. The van der Waals surface area contributed by atoms with Crippen LogP contribution in [0.25, 0.3) is 0 Å². The number of hydrogen-bond donors (Lipinski definition) is 2. The summed E-state index contributed by atoms with van der Waals surface area (Å²) in [7, 11) is 0. The zero-order chi connectivity index (χ0) is 12.8. The summed E-state index contributed by atoms with van der Waals surface area (Å²) in [6, 6.07) is 4.60. The number of halogens is 2.